The average Bonchev–Trinajstić information content (AvgIpc) is 2.85. The molecular weight excluding hydrogens is 284 g/mol. The molecule has 1 aromatic heterocycles. The van der Waals surface area contributed by atoms with E-state index < -0.39 is 16.1 Å². The number of nitrogens with one attached hydrogen (secondary N) is 2. The summed E-state index contributed by atoms with van der Waals surface area (Å²) >= 11 is 0. The van der Waals surface area contributed by atoms with Gasteiger partial charge in [0.15, 0.2) is 0 Å². The van der Waals surface area contributed by atoms with Crippen molar-refractivity contribution >= 4 is 15.9 Å². The van der Waals surface area contributed by atoms with Gasteiger partial charge in [-0.15, -0.1) is 0 Å². The fourth-order valence-electron chi connectivity index (χ4n) is 2.01. The van der Waals surface area contributed by atoms with Crippen LogP contribution in [0.5, 0.6) is 0 Å². The lowest BCUT2D eigenvalue weighted by molar-refractivity contribution is -0.136. The molecule has 2 N–H and O–H groups in total. The molecule has 1 amide bonds. The van der Waals surface area contributed by atoms with Crippen LogP contribution >= 0.6 is 0 Å². The Labute approximate surface area is 117 Å². The molecule has 0 bridgehead atoms. The molecule has 0 aromatic carbocycles. The fourth-order valence-corrected chi connectivity index (χ4v) is 3.35. The number of nitrogens with zero attached hydrogens (tertiary/aromatic N) is 2. The van der Waals surface area contributed by atoms with Gasteiger partial charge in [-0.1, -0.05) is 0 Å². The van der Waals surface area contributed by atoms with E-state index in [1.165, 1.54) is 13.1 Å². The molecule has 20 heavy (non-hydrogen) atoms. The van der Waals surface area contributed by atoms with Gasteiger partial charge in [-0.05, 0) is 13.8 Å². The van der Waals surface area contributed by atoms with E-state index in [2.05, 4.69) is 14.9 Å². The lowest BCUT2D eigenvalue weighted by Crippen LogP contribution is -2.50. The van der Waals surface area contributed by atoms with Crippen molar-refractivity contribution in [3.05, 3.63) is 11.9 Å². The molecule has 1 aromatic rings. The SMILES string of the molecule is Cc1[nH]ncc1S(=O)(=O)NC(C)C(=O)N1CCOCC1. The molecule has 0 aliphatic carbocycles. The zero-order valence-electron chi connectivity index (χ0n) is 11.4. The molecule has 1 aliphatic heterocycles. The number of rotatable bonds is 4. The topological polar surface area (TPSA) is 104 Å². The molecule has 1 saturated heterocycles. The summed E-state index contributed by atoms with van der Waals surface area (Å²) in [6.07, 6.45) is 1.23. The number of aryl methyl sites for hydroxylation is 1. The normalized spacial score (nSPS) is 18.0. The van der Waals surface area contributed by atoms with E-state index in [4.69, 9.17) is 4.74 Å². The van der Waals surface area contributed by atoms with Gasteiger partial charge >= 0.3 is 0 Å². The summed E-state index contributed by atoms with van der Waals surface area (Å²) in [6, 6.07) is -0.826. The van der Waals surface area contributed by atoms with Crippen molar-refractivity contribution in [3.63, 3.8) is 0 Å². The summed E-state index contributed by atoms with van der Waals surface area (Å²) in [5, 5.41) is 6.23. The van der Waals surface area contributed by atoms with E-state index in [0.29, 0.717) is 32.0 Å². The molecular formula is C11H18N4O4S. The number of aromatic nitrogens is 2. The summed E-state index contributed by atoms with van der Waals surface area (Å²) in [4.78, 5) is 13.8. The number of carbonyl (C=O) groups is 1. The Kier molecular flexibility index (Phi) is 4.41. The Morgan fingerprint density at radius 3 is 2.70 bits per heavy atom. The van der Waals surface area contributed by atoms with Crippen molar-refractivity contribution in [2.45, 2.75) is 24.8 Å². The third kappa shape index (κ3) is 3.17. The smallest absolute Gasteiger partial charge is 0.244 e. The quantitative estimate of drug-likeness (QED) is 0.761. The van der Waals surface area contributed by atoms with E-state index in [1.807, 2.05) is 0 Å². The number of hydrogen-bond acceptors (Lipinski definition) is 5. The minimum Gasteiger partial charge on any atom is -0.378 e. The van der Waals surface area contributed by atoms with Gasteiger partial charge in [-0.25, -0.2) is 8.42 Å². The first-order valence-electron chi connectivity index (χ1n) is 6.30. The second kappa shape index (κ2) is 5.90. The molecule has 0 radical (unpaired) electrons. The number of carbonyl (C=O) groups excluding carboxylic acids is 1. The Morgan fingerprint density at radius 1 is 1.50 bits per heavy atom. The first-order valence-corrected chi connectivity index (χ1v) is 7.79. The maximum absolute atomic E-state index is 12.2. The van der Waals surface area contributed by atoms with Crippen molar-refractivity contribution in [2.24, 2.45) is 0 Å². The highest BCUT2D eigenvalue weighted by Crippen LogP contribution is 2.12. The van der Waals surface area contributed by atoms with Crippen molar-refractivity contribution in [3.8, 4) is 0 Å². The molecule has 8 nitrogen and oxygen atoms in total. The Balaban J connectivity index is 2.05. The maximum Gasteiger partial charge on any atom is 0.244 e. The largest absolute Gasteiger partial charge is 0.378 e. The molecule has 1 fully saturated rings. The Morgan fingerprint density at radius 2 is 2.15 bits per heavy atom. The van der Waals surface area contributed by atoms with Gasteiger partial charge in [-0.3, -0.25) is 9.89 Å². The second-order valence-corrected chi connectivity index (χ2v) is 6.32. The lowest BCUT2D eigenvalue weighted by atomic mass is 10.3. The van der Waals surface area contributed by atoms with Gasteiger partial charge < -0.3 is 9.64 Å². The molecule has 1 atom stereocenters. The number of ether oxygens (including phenoxy) is 1. The summed E-state index contributed by atoms with van der Waals surface area (Å²) in [7, 11) is -3.75. The number of sulfonamides is 1. The third-order valence-electron chi connectivity index (χ3n) is 3.10. The van der Waals surface area contributed by atoms with Crippen LogP contribution in [0.3, 0.4) is 0 Å². The molecule has 0 spiro atoms. The van der Waals surface area contributed by atoms with Gasteiger partial charge in [0, 0.05) is 13.1 Å². The van der Waals surface area contributed by atoms with Crippen LogP contribution in [0.1, 0.15) is 12.6 Å². The highest BCUT2D eigenvalue weighted by Gasteiger charge is 2.28. The van der Waals surface area contributed by atoms with Crippen molar-refractivity contribution in [2.75, 3.05) is 26.3 Å². The highest BCUT2D eigenvalue weighted by molar-refractivity contribution is 7.89. The molecule has 1 unspecified atom stereocenters. The molecule has 9 heteroatoms. The van der Waals surface area contributed by atoms with Gasteiger partial charge in [0.2, 0.25) is 15.9 Å². The minimum atomic E-state index is -3.75. The van der Waals surface area contributed by atoms with E-state index in [0.717, 1.165) is 0 Å². The van der Waals surface area contributed by atoms with Gasteiger partial charge in [0.1, 0.15) is 4.90 Å². The van der Waals surface area contributed by atoms with Crippen LogP contribution in [0.25, 0.3) is 0 Å². The van der Waals surface area contributed by atoms with Crippen LogP contribution in [0, 0.1) is 6.92 Å². The Bertz CT molecular complexity index is 577. The van der Waals surface area contributed by atoms with Gasteiger partial charge in [0.05, 0.1) is 31.1 Å². The van der Waals surface area contributed by atoms with E-state index in [1.54, 1.807) is 11.8 Å². The van der Waals surface area contributed by atoms with E-state index in [9.17, 15) is 13.2 Å². The van der Waals surface area contributed by atoms with Crippen molar-refractivity contribution in [1.29, 1.82) is 0 Å². The Hall–Kier alpha value is -1.45. The van der Waals surface area contributed by atoms with E-state index in [-0.39, 0.29) is 10.8 Å². The van der Waals surface area contributed by atoms with Crippen LogP contribution < -0.4 is 4.72 Å². The van der Waals surface area contributed by atoms with Crippen molar-refractivity contribution in [1.82, 2.24) is 19.8 Å². The van der Waals surface area contributed by atoms with Gasteiger partial charge in [0.25, 0.3) is 0 Å². The maximum atomic E-state index is 12.2. The van der Waals surface area contributed by atoms with Gasteiger partial charge in [-0.2, -0.15) is 9.82 Å². The van der Waals surface area contributed by atoms with Crippen molar-refractivity contribution < 1.29 is 17.9 Å². The number of amides is 1. The summed E-state index contributed by atoms with van der Waals surface area (Å²) in [6.45, 7) is 5.06. The molecule has 1 aliphatic rings. The fraction of sp³-hybridized carbons (Fsp3) is 0.636. The molecule has 2 rings (SSSR count). The number of H-pyrrole nitrogens is 1. The zero-order valence-corrected chi connectivity index (χ0v) is 12.2. The predicted octanol–water partition coefficient (Wildman–Crippen LogP) is -0.756. The minimum absolute atomic E-state index is 0.0547. The van der Waals surface area contributed by atoms with E-state index >= 15 is 0 Å². The number of aromatic amines is 1. The molecule has 2 heterocycles. The third-order valence-corrected chi connectivity index (χ3v) is 4.75. The average molecular weight is 302 g/mol. The van der Waals surface area contributed by atoms with Crippen LogP contribution in [0.15, 0.2) is 11.1 Å². The number of hydrogen-bond donors (Lipinski definition) is 2. The van der Waals surface area contributed by atoms with Crippen LogP contribution in [0.4, 0.5) is 0 Å². The molecule has 0 saturated carbocycles. The van der Waals surface area contributed by atoms with Crippen LogP contribution in [0.2, 0.25) is 0 Å². The monoisotopic (exact) mass is 302 g/mol. The van der Waals surface area contributed by atoms with Crippen LogP contribution in [-0.2, 0) is 19.6 Å². The summed E-state index contributed by atoms with van der Waals surface area (Å²) in [5.41, 5.74) is 0.434. The zero-order chi connectivity index (χ0) is 14.8. The summed E-state index contributed by atoms with van der Waals surface area (Å²) < 4.78 is 31.8. The first-order chi connectivity index (χ1) is 9.42. The highest BCUT2D eigenvalue weighted by atomic mass is 32.2. The second-order valence-electron chi connectivity index (χ2n) is 4.64. The first kappa shape index (κ1) is 14.9. The van der Waals surface area contributed by atoms with Crippen LogP contribution in [-0.4, -0.2) is 61.8 Å². The molecule has 112 valence electrons. The lowest BCUT2D eigenvalue weighted by Gasteiger charge is -2.29. The predicted molar refractivity (Wildman–Crippen MR) is 70.5 cm³/mol. The standard InChI is InChI=1S/C11H18N4O4S/c1-8-10(7-12-13-8)20(17,18)14-9(2)11(16)15-3-5-19-6-4-15/h7,9,14H,3-6H2,1-2H3,(H,12,13). The summed E-state index contributed by atoms with van der Waals surface area (Å²) in [5.74, 6) is -0.252. The number of morpholine rings is 1.